The van der Waals surface area contributed by atoms with Crippen LogP contribution in [0, 0.1) is 0 Å². The van der Waals surface area contributed by atoms with Gasteiger partial charge < -0.3 is 11.1 Å². The van der Waals surface area contributed by atoms with E-state index in [4.69, 9.17) is 5.73 Å². The van der Waals surface area contributed by atoms with Gasteiger partial charge in [0.2, 0.25) is 11.6 Å². The highest BCUT2D eigenvalue weighted by atomic mass is 16.2. The Balaban J connectivity index is 3.60. The molecule has 0 heterocycles. The van der Waals surface area contributed by atoms with Crippen LogP contribution in [0.3, 0.4) is 0 Å². The minimum atomic E-state index is -0.524. The van der Waals surface area contributed by atoms with Crippen molar-refractivity contribution in [2.24, 2.45) is 5.73 Å². The van der Waals surface area contributed by atoms with Gasteiger partial charge in [0, 0.05) is 0 Å². The zero-order valence-electron chi connectivity index (χ0n) is 5.31. The van der Waals surface area contributed by atoms with Gasteiger partial charge >= 0.3 is 0 Å². The van der Waals surface area contributed by atoms with Crippen molar-refractivity contribution in [1.29, 1.82) is 0 Å². The van der Waals surface area contributed by atoms with Gasteiger partial charge in [-0.25, -0.2) is 0 Å². The molecule has 3 N–H and O–H groups in total. The van der Waals surface area contributed by atoms with E-state index in [9.17, 15) is 9.59 Å². The van der Waals surface area contributed by atoms with E-state index >= 15 is 0 Å². The van der Waals surface area contributed by atoms with Crippen LogP contribution in [0.25, 0.3) is 0 Å². The lowest BCUT2D eigenvalue weighted by molar-refractivity contribution is -0.135. The summed E-state index contributed by atoms with van der Waals surface area (Å²) in [4.78, 5) is 20.9. The molecule has 4 nitrogen and oxygen atoms in total. The minimum Gasteiger partial charge on any atom is -0.324 e. The molecule has 0 saturated heterocycles. The molecule has 4 heteroatoms. The number of hydrogen-bond donors (Lipinski definition) is 2. The highest BCUT2D eigenvalue weighted by Crippen LogP contribution is 1.69. The highest BCUT2D eigenvalue weighted by molar-refractivity contribution is 6.38. The van der Waals surface area contributed by atoms with E-state index in [1.54, 1.807) is 7.05 Å². The van der Waals surface area contributed by atoms with E-state index in [-0.39, 0.29) is 13.1 Å². The van der Waals surface area contributed by atoms with E-state index in [1.807, 2.05) is 0 Å². The van der Waals surface area contributed by atoms with E-state index in [1.165, 1.54) is 0 Å². The molecular weight excluding hydrogens is 120 g/mol. The number of rotatable bonds is 4. The normalized spacial score (nSPS) is 9.11. The third-order valence-electron chi connectivity index (χ3n) is 0.834. The summed E-state index contributed by atoms with van der Waals surface area (Å²) < 4.78 is 0. The van der Waals surface area contributed by atoms with Gasteiger partial charge in [0.1, 0.15) is 0 Å². The van der Waals surface area contributed by atoms with E-state index in [0.717, 1.165) is 0 Å². The van der Waals surface area contributed by atoms with Crippen LogP contribution in [-0.4, -0.2) is 31.7 Å². The Labute approximate surface area is 53.4 Å². The minimum absolute atomic E-state index is 0.0794. The van der Waals surface area contributed by atoms with Crippen LogP contribution < -0.4 is 11.1 Å². The summed E-state index contributed by atoms with van der Waals surface area (Å²) in [6.07, 6.45) is 0. The first-order valence-corrected chi connectivity index (χ1v) is 2.63. The van der Waals surface area contributed by atoms with Crippen LogP contribution in [0.2, 0.25) is 0 Å². The predicted octanol–water partition coefficient (Wildman–Crippen LogP) is -1.70. The maximum atomic E-state index is 10.5. The third-order valence-corrected chi connectivity index (χ3v) is 0.834. The highest BCUT2D eigenvalue weighted by Gasteiger charge is 2.08. The van der Waals surface area contributed by atoms with Gasteiger partial charge in [0.15, 0.2) is 0 Å². The number of likely N-dealkylation sites (N-methyl/N-ethyl adjacent to an activating group) is 1. The third kappa shape index (κ3) is 2.94. The fourth-order valence-corrected chi connectivity index (χ4v) is 0.373. The lowest BCUT2D eigenvalue weighted by Crippen LogP contribution is -2.30. The van der Waals surface area contributed by atoms with Gasteiger partial charge in [-0.3, -0.25) is 9.59 Å². The van der Waals surface area contributed by atoms with E-state index < -0.39 is 11.6 Å². The number of Topliss-reactive ketones (excluding diaryl/α,β-unsaturated/α-hetero) is 2. The monoisotopic (exact) mass is 130 g/mol. The van der Waals surface area contributed by atoms with Crippen molar-refractivity contribution in [3.63, 3.8) is 0 Å². The van der Waals surface area contributed by atoms with Crippen molar-refractivity contribution in [2.45, 2.75) is 0 Å². The predicted molar refractivity (Wildman–Crippen MR) is 33.0 cm³/mol. The Morgan fingerprint density at radius 3 is 2.33 bits per heavy atom. The molecule has 0 rings (SSSR count). The van der Waals surface area contributed by atoms with Gasteiger partial charge in [0.05, 0.1) is 13.1 Å². The SMILES string of the molecule is CNCC(=O)C(=O)CN. The van der Waals surface area contributed by atoms with Crippen molar-refractivity contribution in [3.8, 4) is 0 Å². The van der Waals surface area contributed by atoms with Gasteiger partial charge in [-0.2, -0.15) is 0 Å². The van der Waals surface area contributed by atoms with Crippen LogP contribution in [0.1, 0.15) is 0 Å². The second kappa shape index (κ2) is 4.17. The molecule has 52 valence electrons. The average molecular weight is 130 g/mol. The molecule has 0 saturated carbocycles. The Morgan fingerprint density at radius 1 is 1.44 bits per heavy atom. The Morgan fingerprint density at radius 2 is 2.00 bits per heavy atom. The molecule has 0 radical (unpaired) electrons. The maximum absolute atomic E-state index is 10.5. The second-order valence-electron chi connectivity index (χ2n) is 1.58. The second-order valence-corrected chi connectivity index (χ2v) is 1.58. The zero-order valence-corrected chi connectivity index (χ0v) is 5.31. The summed E-state index contributed by atoms with van der Waals surface area (Å²) in [7, 11) is 1.60. The van der Waals surface area contributed by atoms with Crippen molar-refractivity contribution in [1.82, 2.24) is 5.32 Å². The lowest BCUT2D eigenvalue weighted by Gasteiger charge is -1.93. The summed E-state index contributed by atoms with van der Waals surface area (Å²) in [5, 5.41) is 2.56. The van der Waals surface area contributed by atoms with Gasteiger partial charge in [-0.05, 0) is 7.05 Å². The Kier molecular flexibility index (Phi) is 3.83. The molecule has 0 aromatic heterocycles. The van der Waals surface area contributed by atoms with Gasteiger partial charge in [0.25, 0.3) is 0 Å². The smallest absolute Gasteiger partial charge is 0.213 e. The van der Waals surface area contributed by atoms with Crippen LogP contribution in [0.5, 0.6) is 0 Å². The van der Waals surface area contributed by atoms with Crippen LogP contribution in [0.4, 0.5) is 0 Å². The summed E-state index contributed by atoms with van der Waals surface area (Å²) in [5.74, 6) is -0.982. The maximum Gasteiger partial charge on any atom is 0.213 e. The molecule has 0 aromatic rings. The quantitative estimate of drug-likeness (QED) is 0.445. The van der Waals surface area contributed by atoms with Crippen LogP contribution >= 0.6 is 0 Å². The van der Waals surface area contributed by atoms with Crippen molar-refractivity contribution in [2.75, 3.05) is 20.1 Å². The average Bonchev–Trinajstić information content (AvgIpc) is 1.87. The molecule has 0 amide bonds. The summed E-state index contributed by atoms with van der Waals surface area (Å²) >= 11 is 0. The molecule has 0 fully saturated rings. The molecule has 0 aliphatic heterocycles. The molecule has 0 aromatic carbocycles. The molecule has 0 unspecified atom stereocenters. The molecule has 0 aliphatic rings. The van der Waals surface area contributed by atoms with Gasteiger partial charge in [-0.1, -0.05) is 0 Å². The van der Waals surface area contributed by atoms with E-state index in [0.29, 0.717) is 0 Å². The van der Waals surface area contributed by atoms with Crippen molar-refractivity contribution in [3.05, 3.63) is 0 Å². The van der Waals surface area contributed by atoms with Crippen molar-refractivity contribution >= 4 is 11.6 Å². The summed E-state index contributed by atoms with van der Waals surface area (Å²) in [5.41, 5.74) is 4.91. The molecule has 0 bridgehead atoms. The molecular formula is C5H10N2O2. The topological polar surface area (TPSA) is 72.2 Å². The first-order chi connectivity index (χ1) is 4.22. The number of nitrogens with one attached hydrogen (secondary N) is 1. The number of carbonyl (C=O) groups is 2. The number of nitrogens with two attached hydrogens (primary N) is 1. The standard InChI is InChI=1S/C5H10N2O2/c1-7-3-5(9)4(8)2-6/h7H,2-3,6H2,1H3. The fourth-order valence-electron chi connectivity index (χ4n) is 0.373. The summed E-state index contributed by atoms with van der Waals surface area (Å²) in [6, 6.07) is 0. The first kappa shape index (κ1) is 8.26. The van der Waals surface area contributed by atoms with Crippen molar-refractivity contribution < 1.29 is 9.59 Å². The fraction of sp³-hybridized carbons (Fsp3) is 0.600. The number of carbonyl (C=O) groups excluding carboxylic acids is 2. The first-order valence-electron chi connectivity index (χ1n) is 2.63. The Bertz CT molecular complexity index is 122. The molecule has 0 spiro atoms. The van der Waals surface area contributed by atoms with E-state index in [2.05, 4.69) is 5.32 Å². The lowest BCUT2D eigenvalue weighted by atomic mass is 10.2. The van der Waals surface area contributed by atoms with Crippen LogP contribution in [0.15, 0.2) is 0 Å². The molecule has 9 heavy (non-hydrogen) atoms. The summed E-state index contributed by atoms with van der Waals surface area (Å²) in [6.45, 7) is -0.115. The number of ketones is 2. The zero-order chi connectivity index (χ0) is 7.28. The van der Waals surface area contributed by atoms with Crippen LogP contribution in [-0.2, 0) is 9.59 Å². The van der Waals surface area contributed by atoms with Gasteiger partial charge in [-0.15, -0.1) is 0 Å². The molecule has 0 aliphatic carbocycles. The largest absolute Gasteiger partial charge is 0.324 e. The molecule has 0 atom stereocenters. The Hall–Kier alpha value is -0.740. The number of hydrogen-bond acceptors (Lipinski definition) is 4.